The molecule has 2 aliphatic heterocycles. The number of fused-ring (bicyclic) bond motifs is 4. The van der Waals surface area contributed by atoms with E-state index < -0.39 is 0 Å². The van der Waals surface area contributed by atoms with Crippen LogP contribution in [0.2, 0.25) is 0 Å². The second kappa shape index (κ2) is 6.21. The summed E-state index contributed by atoms with van der Waals surface area (Å²) in [4.78, 5) is 13.6. The second-order valence-corrected chi connectivity index (χ2v) is 8.10. The highest BCUT2D eigenvalue weighted by Crippen LogP contribution is 2.39. The molecule has 2 fully saturated rings. The zero-order valence-electron chi connectivity index (χ0n) is 16.4. The summed E-state index contributed by atoms with van der Waals surface area (Å²) in [6, 6.07) is 2.31. The van der Waals surface area contributed by atoms with Crippen molar-refractivity contribution in [1.29, 1.82) is 0 Å². The predicted molar refractivity (Wildman–Crippen MR) is 107 cm³/mol. The van der Waals surface area contributed by atoms with E-state index in [1.54, 1.807) is 10.8 Å². The van der Waals surface area contributed by atoms with Crippen LogP contribution in [0.25, 0.3) is 16.7 Å². The van der Waals surface area contributed by atoms with Gasteiger partial charge in [-0.25, -0.2) is 19.2 Å². The molecule has 9 nitrogen and oxygen atoms in total. The molecule has 4 aromatic rings. The fourth-order valence-electron chi connectivity index (χ4n) is 4.62. The zero-order valence-corrected chi connectivity index (χ0v) is 16.4. The van der Waals surface area contributed by atoms with Crippen LogP contribution in [0.4, 0.5) is 11.6 Å². The van der Waals surface area contributed by atoms with Gasteiger partial charge in [0.1, 0.15) is 6.33 Å². The highest BCUT2D eigenvalue weighted by molar-refractivity contribution is 5.79. The number of nitrogens with zero attached hydrogens (tertiary/aromatic N) is 7. The number of aryl methyl sites for hydroxylation is 2. The van der Waals surface area contributed by atoms with Crippen molar-refractivity contribution >= 4 is 28.3 Å². The lowest BCUT2D eigenvalue weighted by molar-refractivity contribution is -0.0174. The molecule has 6 rings (SSSR count). The van der Waals surface area contributed by atoms with Gasteiger partial charge in [-0.15, -0.1) is 0 Å². The third-order valence-electron chi connectivity index (χ3n) is 6.11. The van der Waals surface area contributed by atoms with Gasteiger partial charge in [0.15, 0.2) is 11.3 Å². The fraction of sp³-hybridized carbons (Fsp3) is 0.450. The van der Waals surface area contributed by atoms with E-state index in [-0.39, 0.29) is 0 Å². The summed E-state index contributed by atoms with van der Waals surface area (Å²) in [5.41, 5.74) is 4.61. The molecule has 2 bridgehead atoms. The Bertz CT molecular complexity index is 1220. The van der Waals surface area contributed by atoms with Crippen molar-refractivity contribution in [1.82, 2.24) is 34.3 Å². The maximum absolute atomic E-state index is 6.01. The number of hydrogen-bond donors (Lipinski definition) is 1. The molecule has 1 N–H and O–H groups in total. The number of hydrogen-bond acceptors (Lipinski definition) is 7. The predicted octanol–water partition coefficient (Wildman–Crippen LogP) is 3.11. The summed E-state index contributed by atoms with van der Waals surface area (Å²) in [6.07, 6.45) is 10.3. The molecular formula is C20H22N8O. The van der Waals surface area contributed by atoms with E-state index in [0.29, 0.717) is 24.2 Å². The molecule has 3 atom stereocenters. The van der Waals surface area contributed by atoms with Gasteiger partial charge in [0.25, 0.3) is 0 Å². The van der Waals surface area contributed by atoms with Crippen molar-refractivity contribution in [2.75, 3.05) is 5.32 Å². The highest BCUT2D eigenvalue weighted by Gasteiger charge is 2.37. The Balaban J connectivity index is 1.38. The molecule has 4 aromatic heterocycles. The molecule has 6 heterocycles. The minimum absolute atomic E-state index is 0.327. The van der Waals surface area contributed by atoms with Gasteiger partial charge in [0.05, 0.1) is 41.2 Å². The number of pyridine rings is 1. The first-order valence-corrected chi connectivity index (χ1v) is 10.1. The maximum atomic E-state index is 6.01. The van der Waals surface area contributed by atoms with Crippen molar-refractivity contribution in [3.05, 3.63) is 36.0 Å². The van der Waals surface area contributed by atoms with Gasteiger partial charge in [0.2, 0.25) is 5.95 Å². The monoisotopic (exact) mass is 390 g/mol. The third-order valence-corrected chi connectivity index (χ3v) is 6.11. The van der Waals surface area contributed by atoms with E-state index in [2.05, 4.69) is 25.1 Å². The lowest BCUT2D eigenvalue weighted by Gasteiger charge is -2.28. The van der Waals surface area contributed by atoms with E-state index in [9.17, 15) is 0 Å². The zero-order chi connectivity index (χ0) is 19.5. The molecule has 0 amide bonds. The van der Waals surface area contributed by atoms with Crippen LogP contribution in [-0.2, 0) is 4.74 Å². The number of nitrogens with one attached hydrogen (secondary N) is 1. The van der Waals surface area contributed by atoms with Gasteiger partial charge in [-0.2, -0.15) is 15.2 Å². The molecular weight excluding hydrogens is 368 g/mol. The van der Waals surface area contributed by atoms with Crippen molar-refractivity contribution in [3.8, 4) is 0 Å². The Morgan fingerprint density at radius 2 is 1.97 bits per heavy atom. The van der Waals surface area contributed by atoms with E-state index >= 15 is 0 Å². The Labute approximate surface area is 167 Å². The standard InChI is InChI=1S/C20H22N8O/c1-11-5-18-22-10-23-27(18)9-17(11)24-20-21-8-16-12(2)26-28(19(16)25-20)13-6-14-3-4-15(7-13)29-14/h5,8-10,13-15H,3-4,6-7H2,1-2H3,(H,21,24,25)/t13-,14+,15-. The Morgan fingerprint density at radius 3 is 2.79 bits per heavy atom. The summed E-state index contributed by atoms with van der Waals surface area (Å²) in [6.45, 7) is 4.05. The third kappa shape index (κ3) is 2.76. The van der Waals surface area contributed by atoms with Crippen molar-refractivity contribution in [3.63, 3.8) is 0 Å². The first kappa shape index (κ1) is 16.8. The molecule has 2 saturated heterocycles. The summed E-state index contributed by atoms with van der Waals surface area (Å²) < 4.78 is 9.84. The maximum Gasteiger partial charge on any atom is 0.229 e. The molecule has 0 saturated carbocycles. The van der Waals surface area contributed by atoms with Gasteiger partial charge in [-0.1, -0.05) is 0 Å². The van der Waals surface area contributed by atoms with Crippen molar-refractivity contribution in [2.45, 2.75) is 57.8 Å². The Morgan fingerprint density at radius 1 is 1.14 bits per heavy atom. The van der Waals surface area contributed by atoms with Crippen LogP contribution in [0, 0.1) is 13.8 Å². The van der Waals surface area contributed by atoms with Gasteiger partial charge in [0, 0.05) is 6.20 Å². The minimum Gasteiger partial charge on any atom is -0.375 e. The normalized spacial score (nSPS) is 23.9. The summed E-state index contributed by atoms with van der Waals surface area (Å²) in [7, 11) is 0. The minimum atomic E-state index is 0.327. The van der Waals surface area contributed by atoms with Crippen LogP contribution in [0.5, 0.6) is 0 Å². The SMILES string of the molecule is Cc1cc2ncnn2cc1Nc1ncc2c(C)nn([C@H]3C[C@H]4CC[C@@H](C3)O4)c2n1. The molecule has 29 heavy (non-hydrogen) atoms. The molecule has 0 spiro atoms. The Kier molecular flexibility index (Phi) is 3.61. The molecule has 0 radical (unpaired) electrons. The topological polar surface area (TPSA) is 95.1 Å². The van der Waals surface area contributed by atoms with E-state index in [1.807, 2.05) is 32.3 Å². The second-order valence-electron chi connectivity index (χ2n) is 8.10. The molecule has 0 unspecified atom stereocenters. The van der Waals surface area contributed by atoms with Crippen LogP contribution in [0.1, 0.15) is 43.0 Å². The average Bonchev–Trinajstić information content (AvgIpc) is 3.39. The van der Waals surface area contributed by atoms with E-state index in [0.717, 1.165) is 59.3 Å². The summed E-state index contributed by atoms with van der Waals surface area (Å²) in [5.74, 6) is 0.552. The fourth-order valence-corrected chi connectivity index (χ4v) is 4.62. The molecule has 0 aliphatic carbocycles. The van der Waals surface area contributed by atoms with Crippen LogP contribution >= 0.6 is 0 Å². The van der Waals surface area contributed by atoms with Gasteiger partial charge in [-0.3, -0.25) is 0 Å². The van der Waals surface area contributed by atoms with Crippen LogP contribution < -0.4 is 5.32 Å². The van der Waals surface area contributed by atoms with Crippen LogP contribution in [0.3, 0.4) is 0 Å². The first-order valence-electron chi connectivity index (χ1n) is 10.1. The summed E-state index contributed by atoms with van der Waals surface area (Å²) in [5, 5.41) is 13.4. The van der Waals surface area contributed by atoms with Crippen molar-refractivity contribution in [2.24, 2.45) is 0 Å². The quantitative estimate of drug-likeness (QED) is 0.574. The highest BCUT2D eigenvalue weighted by atomic mass is 16.5. The molecule has 9 heteroatoms. The average molecular weight is 390 g/mol. The molecule has 0 aromatic carbocycles. The van der Waals surface area contributed by atoms with Crippen molar-refractivity contribution < 1.29 is 4.74 Å². The lowest BCUT2D eigenvalue weighted by atomic mass is 10.0. The lowest BCUT2D eigenvalue weighted by Crippen LogP contribution is -2.27. The number of aromatic nitrogens is 7. The van der Waals surface area contributed by atoms with Crippen LogP contribution in [0.15, 0.2) is 24.8 Å². The molecule has 148 valence electrons. The Hall–Kier alpha value is -3.07. The first-order chi connectivity index (χ1) is 14.1. The van der Waals surface area contributed by atoms with Crippen LogP contribution in [-0.4, -0.2) is 46.6 Å². The number of rotatable bonds is 3. The smallest absolute Gasteiger partial charge is 0.229 e. The van der Waals surface area contributed by atoms with E-state index in [1.165, 1.54) is 0 Å². The van der Waals surface area contributed by atoms with Gasteiger partial charge >= 0.3 is 0 Å². The summed E-state index contributed by atoms with van der Waals surface area (Å²) >= 11 is 0. The number of anilines is 2. The van der Waals surface area contributed by atoms with Gasteiger partial charge < -0.3 is 10.1 Å². The largest absolute Gasteiger partial charge is 0.375 e. The number of ether oxygens (including phenoxy) is 1. The molecule has 2 aliphatic rings. The van der Waals surface area contributed by atoms with E-state index in [4.69, 9.17) is 14.8 Å². The van der Waals surface area contributed by atoms with Gasteiger partial charge in [-0.05, 0) is 51.2 Å².